The molecular weight excluding hydrogens is 354 g/mol. The van der Waals surface area contributed by atoms with Crippen LogP contribution in [0.25, 0.3) is 10.9 Å². The van der Waals surface area contributed by atoms with E-state index in [0.29, 0.717) is 11.9 Å². The molecule has 1 aliphatic rings. The van der Waals surface area contributed by atoms with E-state index in [-0.39, 0.29) is 23.9 Å². The number of piperidine rings is 1. The van der Waals surface area contributed by atoms with Gasteiger partial charge in [0.05, 0.1) is 11.7 Å². The zero-order valence-electron chi connectivity index (χ0n) is 15.8. The molecule has 0 saturated carbocycles. The Morgan fingerprint density at radius 3 is 2.96 bits per heavy atom. The van der Waals surface area contributed by atoms with Crippen molar-refractivity contribution in [2.24, 2.45) is 0 Å². The van der Waals surface area contributed by atoms with Crippen molar-refractivity contribution in [2.75, 3.05) is 18.0 Å². The number of pyridine rings is 1. The first-order valence-corrected chi connectivity index (χ1v) is 9.51. The number of aryl methyl sites for hydroxylation is 1. The standard InChI is InChI=1S/C21H23N5O2/c1-15-11-19(27)17-6-2-3-7-18(17)26(15)14-21(28)24-16-5-4-10-25(13-16)20-12-22-8-9-23-20/h2-3,6-9,11-12,16H,4-5,10,13-14H2,1H3,(H,24,28). The van der Waals surface area contributed by atoms with Crippen molar-refractivity contribution in [2.45, 2.75) is 32.4 Å². The molecule has 7 nitrogen and oxygen atoms in total. The molecule has 0 aliphatic carbocycles. The summed E-state index contributed by atoms with van der Waals surface area (Å²) in [7, 11) is 0. The monoisotopic (exact) mass is 377 g/mol. The first-order chi connectivity index (χ1) is 13.6. The zero-order valence-corrected chi connectivity index (χ0v) is 15.8. The fraction of sp³-hybridized carbons (Fsp3) is 0.333. The quantitative estimate of drug-likeness (QED) is 0.751. The van der Waals surface area contributed by atoms with Crippen LogP contribution >= 0.6 is 0 Å². The Morgan fingerprint density at radius 2 is 2.14 bits per heavy atom. The Bertz CT molecular complexity index is 1050. The number of fused-ring (bicyclic) bond motifs is 1. The zero-order chi connectivity index (χ0) is 19.5. The van der Waals surface area contributed by atoms with Gasteiger partial charge in [0, 0.05) is 48.7 Å². The maximum atomic E-state index is 12.7. The van der Waals surface area contributed by atoms with Gasteiger partial charge in [-0.2, -0.15) is 0 Å². The van der Waals surface area contributed by atoms with Crippen LogP contribution in [-0.2, 0) is 11.3 Å². The Labute approximate surface area is 163 Å². The van der Waals surface area contributed by atoms with Crippen molar-refractivity contribution in [1.29, 1.82) is 0 Å². The van der Waals surface area contributed by atoms with Gasteiger partial charge in [0.15, 0.2) is 5.43 Å². The van der Waals surface area contributed by atoms with E-state index in [4.69, 9.17) is 0 Å². The predicted octanol–water partition coefficient (Wildman–Crippen LogP) is 1.89. The number of para-hydroxylation sites is 1. The van der Waals surface area contributed by atoms with E-state index in [1.54, 1.807) is 30.7 Å². The van der Waals surface area contributed by atoms with E-state index in [1.165, 1.54) is 0 Å². The molecule has 1 saturated heterocycles. The van der Waals surface area contributed by atoms with Crippen molar-refractivity contribution in [1.82, 2.24) is 19.9 Å². The van der Waals surface area contributed by atoms with Gasteiger partial charge in [0.25, 0.3) is 0 Å². The summed E-state index contributed by atoms with van der Waals surface area (Å²) in [5.41, 5.74) is 1.55. The minimum absolute atomic E-state index is 0.0170. The Balaban J connectivity index is 1.48. The van der Waals surface area contributed by atoms with Crippen LogP contribution in [0.3, 0.4) is 0 Å². The van der Waals surface area contributed by atoms with Crippen LogP contribution in [-0.4, -0.2) is 39.6 Å². The number of rotatable bonds is 4. The molecule has 144 valence electrons. The number of amides is 1. The number of aromatic nitrogens is 3. The molecule has 3 aromatic rings. The smallest absolute Gasteiger partial charge is 0.240 e. The van der Waals surface area contributed by atoms with E-state index < -0.39 is 0 Å². The number of hydrogen-bond donors (Lipinski definition) is 1. The van der Waals surface area contributed by atoms with Crippen LogP contribution in [0.5, 0.6) is 0 Å². The van der Waals surface area contributed by atoms with Gasteiger partial charge in [0.1, 0.15) is 12.4 Å². The highest BCUT2D eigenvalue weighted by molar-refractivity contribution is 5.82. The lowest BCUT2D eigenvalue weighted by molar-refractivity contribution is -0.122. The average molecular weight is 377 g/mol. The van der Waals surface area contributed by atoms with Crippen molar-refractivity contribution in [3.63, 3.8) is 0 Å². The van der Waals surface area contributed by atoms with Crippen LogP contribution in [0.4, 0.5) is 5.82 Å². The van der Waals surface area contributed by atoms with E-state index >= 15 is 0 Å². The minimum atomic E-state index is -0.0529. The van der Waals surface area contributed by atoms with Crippen LogP contribution in [0, 0.1) is 6.92 Å². The van der Waals surface area contributed by atoms with Gasteiger partial charge in [-0.15, -0.1) is 0 Å². The molecule has 7 heteroatoms. The van der Waals surface area contributed by atoms with Crippen LogP contribution in [0.2, 0.25) is 0 Å². The molecule has 1 amide bonds. The molecule has 0 spiro atoms. The Morgan fingerprint density at radius 1 is 1.29 bits per heavy atom. The van der Waals surface area contributed by atoms with Gasteiger partial charge in [-0.1, -0.05) is 12.1 Å². The summed E-state index contributed by atoms with van der Waals surface area (Å²) < 4.78 is 1.90. The second-order valence-corrected chi connectivity index (χ2v) is 7.17. The fourth-order valence-corrected chi connectivity index (χ4v) is 3.84. The second kappa shape index (κ2) is 7.80. The number of carbonyl (C=O) groups excluding carboxylic acids is 1. The van der Waals surface area contributed by atoms with Gasteiger partial charge in [-0.05, 0) is 31.9 Å². The predicted molar refractivity (Wildman–Crippen MR) is 108 cm³/mol. The first kappa shape index (κ1) is 18.2. The molecule has 1 aromatic carbocycles. The first-order valence-electron chi connectivity index (χ1n) is 9.51. The SMILES string of the molecule is Cc1cc(=O)c2ccccc2n1CC(=O)NC1CCCN(c2cnccn2)C1. The highest BCUT2D eigenvalue weighted by Gasteiger charge is 2.22. The van der Waals surface area contributed by atoms with E-state index in [0.717, 1.165) is 36.4 Å². The lowest BCUT2D eigenvalue weighted by atomic mass is 10.1. The Hall–Kier alpha value is -3.22. The third kappa shape index (κ3) is 3.74. The minimum Gasteiger partial charge on any atom is -0.353 e. The number of benzene rings is 1. The molecule has 0 bridgehead atoms. The van der Waals surface area contributed by atoms with Crippen molar-refractivity contribution < 1.29 is 4.79 Å². The number of anilines is 1. The molecular formula is C21H23N5O2. The second-order valence-electron chi connectivity index (χ2n) is 7.17. The number of hydrogen-bond acceptors (Lipinski definition) is 5. The average Bonchev–Trinajstić information content (AvgIpc) is 2.72. The maximum Gasteiger partial charge on any atom is 0.240 e. The molecule has 3 heterocycles. The lowest BCUT2D eigenvalue weighted by Gasteiger charge is -2.33. The van der Waals surface area contributed by atoms with Crippen molar-refractivity contribution >= 4 is 22.6 Å². The highest BCUT2D eigenvalue weighted by atomic mass is 16.2. The number of nitrogens with zero attached hydrogens (tertiary/aromatic N) is 4. The van der Waals surface area contributed by atoms with Gasteiger partial charge >= 0.3 is 0 Å². The normalized spacial score (nSPS) is 16.9. The molecule has 1 atom stereocenters. The van der Waals surface area contributed by atoms with Gasteiger partial charge in [-0.3, -0.25) is 14.6 Å². The molecule has 1 unspecified atom stereocenters. The lowest BCUT2D eigenvalue weighted by Crippen LogP contribution is -2.48. The highest BCUT2D eigenvalue weighted by Crippen LogP contribution is 2.17. The molecule has 1 N–H and O–H groups in total. The van der Waals surface area contributed by atoms with Crippen LogP contribution in [0.15, 0.2) is 53.7 Å². The van der Waals surface area contributed by atoms with E-state index in [2.05, 4.69) is 20.2 Å². The van der Waals surface area contributed by atoms with Gasteiger partial charge in [-0.25, -0.2) is 4.98 Å². The summed E-state index contributed by atoms with van der Waals surface area (Å²) in [6, 6.07) is 9.06. The van der Waals surface area contributed by atoms with Crippen molar-refractivity contribution in [3.8, 4) is 0 Å². The molecule has 0 radical (unpaired) electrons. The topological polar surface area (TPSA) is 80.1 Å². The van der Waals surface area contributed by atoms with Crippen LogP contribution in [0.1, 0.15) is 18.5 Å². The summed E-state index contributed by atoms with van der Waals surface area (Å²) in [6.45, 7) is 3.68. The fourth-order valence-electron chi connectivity index (χ4n) is 3.84. The van der Waals surface area contributed by atoms with Gasteiger partial charge < -0.3 is 14.8 Å². The third-order valence-electron chi connectivity index (χ3n) is 5.19. The summed E-state index contributed by atoms with van der Waals surface area (Å²) in [4.78, 5) is 35.6. The Kier molecular flexibility index (Phi) is 5.06. The molecule has 1 aliphatic heterocycles. The summed E-state index contributed by atoms with van der Waals surface area (Å²) in [6.07, 6.45) is 7.01. The van der Waals surface area contributed by atoms with E-state index in [1.807, 2.05) is 29.7 Å². The van der Waals surface area contributed by atoms with Gasteiger partial charge in [0.2, 0.25) is 5.91 Å². The molecule has 4 rings (SSSR count). The van der Waals surface area contributed by atoms with Crippen molar-refractivity contribution in [3.05, 3.63) is 64.8 Å². The largest absolute Gasteiger partial charge is 0.353 e. The van der Waals surface area contributed by atoms with Crippen LogP contribution < -0.4 is 15.6 Å². The molecule has 2 aromatic heterocycles. The summed E-state index contributed by atoms with van der Waals surface area (Å²) >= 11 is 0. The number of nitrogens with one attached hydrogen (secondary N) is 1. The maximum absolute atomic E-state index is 12.7. The molecule has 28 heavy (non-hydrogen) atoms. The molecule has 1 fully saturated rings. The third-order valence-corrected chi connectivity index (χ3v) is 5.19. The van der Waals surface area contributed by atoms with E-state index in [9.17, 15) is 9.59 Å². The summed E-state index contributed by atoms with van der Waals surface area (Å²) in [5.74, 6) is 0.784. The summed E-state index contributed by atoms with van der Waals surface area (Å²) in [5, 5.41) is 3.78. The number of carbonyl (C=O) groups is 1.